The van der Waals surface area contributed by atoms with Crippen LogP contribution in [0, 0.1) is 11.3 Å². The lowest BCUT2D eigenvalue weighted by Gasteiger charge is -2.31. The molecule has 1 aromatic carbocycles. The van der Waals surface area contributed by atoms with Gasteiger partial charge in [-0.25, -0.2) is 0 Å². The maximum atomic E-state index is 12.2. The third-order valence-corrected chi connectivity index (χ3v) is 7.39. The van der Waals surface area contributed by atoms with Crippen molar-refractivity contribution in [1.29, 1.82) is 0 Å². The Morgan fingerprint density at radius 2 is 1.87 bits per heavy atom. The number of aliphatic carboxylic acids is 1. The van der Waals surface area contributed by atoms with Crippen LogP contribution in [0.2, 0.25) is 0 Å². The summed E-state index contributed by atoms with van der Waals surface area (Å²) in [5.41, 5.74) is 0.852. The van der Waals surface area contributed by atoms with E-state index >= 15 is 0 Å². The van der Waals surface area contributed by atoms with Crippen LogP contribution in [-0.2, 0) is 9.59 Å². The highest BCUT2D eigenvalue weighted by molar-refractivity contribution is 5.73. The van der Waals surface area contributed by atoms with Crippen molar-refractivity contribution >= 4 is 12.4 Å². The average molecular weight is 533 g/mol. The first-order chi connectivity index (χ1) is 18.1. The largest absolute Gasteiger partial charge is 0.493 e. The summed E-state index contributed by atoms with van der Waals surface area (Å²) in [5, 5.41) is 10.0. The highest BCUT2D eigenvalue weighted by atomic mass is 16.7. The molecule has 0 aliphatic carbocycles. The summed E-state index contributed by atoms with van der Waals surface area (Å²) in [5.74, 6) is 0.401. The number of carboxylic acids is 1. The van der Waals surface area contributed by atoms with Crippen LogP contribution in [0.25, 0.3) is 0 Å². The lowest BCUT2D eigenvalue weighted by molar-refractivity contribution is -0.143. The van der Waals surface area contributed by atoms with Crippen LogP contribution in [0.15, 0.2) is 24.3 Å². The smallest absolute Gasteiger partial charge is 0.308 e. The number of rotatable bonds is 13. The Hall–Kier alpha value is -2.74. The van der Waals surface area contributed by atoms with Crippen molar-refractivity contribution in [3.05, 3.63) is 29.8 Å². The van der Waals surface area contributed by atoms with Crippen LogP contribution in [-0.4, -0.2) is 73.9 Å². The molecule has 0 aromatic heterocycles. The Kier molecular flexibility index (Phi) is 12.4. The number of carboxylic acid groups (broad SMARTS) is 1. The SMILES string of the molecule is CC=CC(C)(C)CC1C(C(=O)O)C(c2cc(OC)c3c(c2)OCO3)CN1C.CCCCN(C=O)CCCC. The number of methoxy groups -OCH3 is 1. The second-order valence-corrected chi connectivity index (χ2v) is 11.0. The van der Waals surface area contributed by atoms with Crippen molar-refractivity contribution in [1.82, 2.24) is 9.80 Å². The Labute approximate surface area is 228 Å². The highest BCUT2D eigenvalue weighted by Crippen LogP contribution is 2.47. The van der Waals surface area contributed by atoms with Crippen molar-refractivity contribution in [2.24, 2.45) is 11.3 Å². The fourth-order valence-electron chi connectivity index (χ4n) is 5.40. The standard InChI is InChI=1S/C21H29NO5.C9H19NO/c1-6-7-21(2,3)10-15-18(20(23)24)14(11-22(15)4)13-8-16(25-5)19-17(9-13)26-12-27-19;1-3-5-7-10(9-11)8-6-4-2/h6-9,14-15,18H,10-12H2,1-5H3,(H,23,24);9H,3-8H2,1-2H3. The molecule has 2 aliphatic heterocycles. The lowest BCUT2D eigenvalue weighted by atomic mass is 9.77. The van der Waals surface area contributed by atoms with Crippen LogP contribution >= 0.6 is 0 Å². The number of nitrogens with zero attached hydrogens (tertiary/aromatic N) is 2. The van der Waals surface area contributed by atoms with Gasteiger partial charge in [0.15, 0.2) is 11.5 Å². The summed E-state index contributed by atoms with van der Waals surface area (Å²) in [6.07, 6.45) is 10.5. The molecule has 3 rings (SSSR count). The van der Waals surface area contributed by atoms with Gasteiger partial charge in [-0.3, -0.25) is 9.59 Å². The van der Waals surface area contributed by atoms with Crippen molar-refractivity contribution in [2.75, 3.05) is 40.6 Å². The van der Waals surface area contributed by atoms with Gasteiger partial charge in [0.1, 0.15) is 0 Å². The summed E-state index contributed by atoms with van der Waals surface area (Å²) in [6.45, 7) is 13.3. The second kappa shape index (κ2) is 15.0. The molecule has 1 saturated heterocycles. The average Bonchev–Trinajstić information content (AvgIpc) is 3.48. The van der Waals surface area contributed by atoms with Crippen LogP contribution in [0.3, 0.4) is 0 Å². The predicted octanol–water partition coefficient (Wildman–Crippen LogP) is 5.56. The van der Waals surface area contributed by atoms with Gasteiger partial charge in [0.05, 0.1) is 13.0 Å². The maximum Gasteiger partial charge on any atom is 0.308 e. The highest BCUT2D eigenvalue weighted by Gasteiger charge is 2.47. The van der Waals surface area contributed by atoms with E-state index in [2.05, 4.69) is 38.7 Å². The van der Waals surface area contributed by atoms with E-state index in [1.807, 2.05) is 37.1 Å². The van der Waals surface area contributed by atoms with E-state index in [1.165, 1.54) is 0 Å². The van der Waals surface area contributed by atoms with Gasteiger partial charge >= 0.3 is 5.97 Å². The summed E-state index contributed by atoms with van der Waals surface area (Å²) < 4.78 is 16.4. The number of likely N-dealkylation sites (tertiary alicyclic amines) is 1. The fraction of sp³-hybridized carbons (Fsp3) is 0.667. The molecular formula is C30H48N2O6. The fourth-order valence-corrected chi connectivity index (χ4v) is 5.40. The summed E-state index contributed by atoms with van der Waals surface area (Å²) >= 11 is 0. The van der Waals surface area contributed by atoms with Gasteiger partial charge in [-0.1, -0.05) is 52.7 Å². The molecule has 8 nitrogen and oxygen atoms in total. The van der Waals surface area contributed by atoms with Gasteiger partial charge in [-0.15, -0.1) is 0 Å². The molecule has 0 bridgehead atoms. The normalized spacial score (nSPS) is 20.8. The molecule has 214 valence electrons. The number of carbonyl (C=O) groups is 2. The lowest BCUT2D eigenvalue weighted by Crippen LogP contribution is -2.37. The molecule has 2 heterocycles. The molecule has 1 amide bonds. The summed E-state index contributed by atoms with van der Waals surface area (Å²) in [6, 6.07) is 3.75. The van der Waals surface area contributed by atoms with Crippen molar-refractivity contribution in [2.45, 2.75) is 78.7 Å². The minimum atomic E-state index is -0.762. The van der Waals surface area contributed by atoms with E-state index in [0.717, 1.165) is 57.2 Å². The van der Waals surface area contributed by atoms with E-state index in [1.54, 1.807) is 7.11 Å². The van der Waals surface area contributed by atoms with E-state index in [9.17, 15) is 14.7 Å². The first-order valence-corrected chi connectivity index (χ1v) is 13.9. The zero-order valence-corrected chi connectivity index (χ0v) is 24.4. The molecule has 0 saturated carbocycles. The quantitative estimate of drug-likeness (QED) is 0.263. The van der Waals surface area contributed by atoms with Crippen molar-refractivity contribution < 1.29 is 28.9 Å². The van der Waals surface area contributed by atoms with Crippen LogP contribution in [0.5, 0.6) is 17.2 Å². The molecule has 0 radical (unpaired) electrons. The molecule has 1 aromatic rings. The van der Waals surface area contributed by atoms with Gasteiger partial charge in [0.2, 0.25) is 19.0 Å². The number of ether oxygens (including phenoxy) is 3. The zero-order valence-electron chi connectivity index (χ0n) is 24.4. The molecule has 3 atom stereocenters. The van der Waals surface area contributed by atoms with Gasteiger partial charge in [-0.2, -0.15) is 0 Å². The number of unbranched alkanes of at least 4 members (excludes halogenated alkanes) is 2. The molecular weight excluding hydrogens is 484 g/mol. The van der Waals surface area contributed by atoms with Crippen LogP contribution in [0.4, 0.5) is 0 Å². The van der Waals surface area contributed by atoms with E-state index in [4.69, 9.17) is 14.2 Å². The van der Waals surface area contributed by atoms with Gasteiger partial charge in [-0.05, 0) is 56.3 Å². The number of carbonyl (C=O) groups excluding carboxylic acids is 1. The summed E-state index contributed by atoms with van der Waals surface area (Å²) in [4.78, 5) is 26.7. The topological polar surface area (TPSA) is 88.5 Å². The minimum Gasteiger partial charge on any atom is -0.493 e. The van der Waals surface area contributed by atoms with Crippen molar-refractivity contribution in [3.63, 3.8) is 0 Å². The molecule has 3 unspecified atom stereocenters. The first kappa shape index (κ1) is 31.5. The molecule has 1 fully saturated rings. The predicted molar refractivity (Wildman–Crippen MR) is 150 cm³/mol. The third kappa shape index (κ3) is 8.38. The monoisotopic (exact) mass is 532 g/mol. The number of fused-ring (bicyclic) bond motifs is 1. The second-order valence-electron chi connectivity index (χ2n) is 11.0. The van der Waals surface area contributed by atoms with Crippen LogP contribution in [0.1, 0.15) is 78.2 Å². The number of allylic oxidation sites excluding steroid dienone is 2. The molecule has 1 N–H and O–H groups in total. The van der Waals surface area contributed by atoms with Gasteiger partial charge in [0.25, 0.3) is 0 Å². The van der Waals surface area contributed by atoms with Crippen molar-refractivity contribution in [3.8, 4) is 17.2 Å². The van der Waals surface area contributed by atoms with Crippen LogP contribution < -0.4 is 14.2 Å². The number of hydrogen-bond acceptors (Lipinski definition) is 6. The number of benzene rings is 1. The maximum absolute atomic E-state index is 12.2. The van der Waals surface area contributed by atoms with E-state index in [-0.39, 0.29) is 24.2 Å². The van der Waals surface area contributed by atoms with Gasteiger partial charge < -0.3 is 29.1 Å². The Morgan fingerprint density at radius 1 is 1.21 bits per heavy atom. The minimum absolute atomic E-state index is 0.0462. The first-order valence-electron chi connectivity index (χ1n) is 13.9. The molecule has 2 aliphatic rings. The van der Waals surface area contributed by atoms with E-state index in [0.29, 0.717) is 23.8 Å². The molecule has 0 spiro atoms. The molecule has 8 heteroatoms. The number of amides is 1. The Bertz CT molecular complexity index is 924. The zero-order chi connectivity index (χ0) is 28.3. The Morgan fingerprint density at radius 3 is 2.39 bits per heavy atom. The van der Waals surface area contributed by atoms with E-state index < -0.39 is 11.9 Å². The number of likely N-dealkylation sites (N-methyl/N-ethyl adjacent to an activating group) is 1. The third-order valence-electron chi connectivity index (χ3n) is 7.39. The van der Waals surface area contributed by atoms with Gasteiger partial charge in [0, 0.05) is 31.6 Å². The number of hydrogen-bond donors (Lipinski definition) is 1. The Balaban J connectivity index is 0.000000391. The summed E-state index contributed by atoms with van der Waals surface area (Å²) in [7, 11) is 3.59. The molecule has 38 heavy (non-hydrogen) atoms.